The second-order valence-electron chi connectivity index (χ2n) is 4.21. The zero-order valence-electron chi connectivity index (χ0n) is 10.8. The molecule has 0 bridgehead atoms. The van der Waals surface area contributed by atoms with Crippen molar-refractivity contribution < 1.29 is 8.42 Å². The number of hydrogen-bond donors (Lipinski definition) is 2. The van der Waals surface area contributed by atoms with Gasteiger partial charge in [-0.2, -0.15) is 4.31 Å². The minimum Gasteiger partial charge on any atom is -0.387 e. The van der Waals surface area contributed by atoms with Crippen molar-refractivity contribution in [1.82, 2.24) is 13.9 Å². The average Bonchev–Trinajstić information content (AvgIpc) is 2.74. The van der Waals surface area contributed by atoms with E-state index in [2.05, 4.69) is 4.98 Å². The topological polar surface area (TPSA) is 105 Å². The zero-order chi connectivity index (χ0) is 13.9. The fraction of sp³-hybridized carbons (Fsp3) is 0.600. The van der Waals surface area contributed by atoms with Gasteiger partial charge in [0.25, 0.3) is 10.0 Å². The number of nitrogens with zero attached hydrogens (tertiary/aromatic N) is 3. The molecule has 1 rings (SSSR count). The van der Waals surface area contributed by atoms with Gasteiger partial charge in [-0.3, -0.25) is 5.41 Å². The van der Waals surface area contributed by atoms with Crippen LogP contribution in [0.5, 0.6) is 0 Å². The first-order valence-electron chi connectivity index (χ1n) is 5.65. The number of nitrogens with two attached hydrogens (primary N) is 1. The molecule has 0 fully saturated rings. The molecule has 8 heteroatoms. The Hall–Kier alpha value is -1.41. The normalized spacial score (nSPS) is 12.3. The van der Waals surface area contributed by atoms with Crippen LogP contribution in [-0.2, 0) is 16.6 Å². The fourth-order valence-electron chi connectivity index (χ4n) is 1.48. The number of aryl methyl sites for hydroxylation is 1. The van der Waals surface area contributed by atoms with Gasteiger partial charge in [0.2, 0.25) is 0 Å². The van der Waals surface area contributed by atoms with Crippen LogP contribution in [0.4, 0.5) is 0 Å². The van der Waals surface area contributed by atoms with Crippen LogP contribution in [0.2, 0.25) is 0 Å². The lowest BCUT2D eigenvalue weighted by Crippen LogP contribution is -2.42. The van der Waals surface area contributed by atoms with E-state index in [1.165, 1.54) is 12.5 Å². The first kappa shape index (κ1) is 14.7. The molecule has 1 heterocycles. The highest BCUT2D eigenvalue weighted by Crippen LogP contribution is 2.15. The van der Waals surface area contributed by atoms with E-state index in [0.717, 1.165) is 4.31 Å². The molecule has 0 aromatic carbocycles. The highest BCUT2D eigenvalue weighted by Gasteiger charge is 2.29. The van der Waals surface area contributed by atoms with Crippen molar-refractivity contribution in [3.63, 3.8) is 0 Å². The third-order valence-corrected chi connectivity index (χ3v) is 4.36. The van der Waals surface area contributed by atoms with Gasteiger partial charge in [0.05, 0.1) is 12.9 Å². The molecule has 0 spiro atoms. The van der Waals surface area contributed by atoms with Gasteiger partial charge in [-0.1, -0.05) is 0 Å². The summed E-state index contributed by atoms with van der Waals surface area (Å²) in [6.07, 6.45) is 2.95. The van der Waals surface area contributed by atoms with Crippen molar-refractivity contribution >= 4 is 15.9 Å². The molecule has 0 aliphatic heterocycles. The van der Waals surface area contributed by atoms with Crippen molar-refractivity contribution in [2.45, 2.75) is 38.4 Å². The molecule has 0 radical (unpaired) electrons. The zero-order valence-corrected chi connectivity index (χ0v) is 11.6. The van der Waals surface area contributed by atoms with E-state index in [-0.39, 0.29) is 23.4 Å². The van der Waals surface area contributed by atoms with Crippen LogP contribution in [0.1, 0.15) is 20.8 Å². The van der Waals surface area contributed by atoms with Crippen LogP contribution in [-0.4, -0.2) is 40.7 Å². The molecule has 7 nitrogen and oxygen atoms in total. The summed E-state index contributed by atoms with van der Waals surface area (Å²) in [4.78, 5) is 3.89. The Labute approximate surface area is 107 Å². The van der Waals surface area contributed by atoms with Crippen LogP contribution in [0.25, 0.3) is 0 Å². The quantitative estimate of drug-likeness (QED) is 0.572. The summed E-state index contributed by atoms with van der Waals surface area (Å²) < 4.78 is 27.5. The molecule has 0 aliphatic rings. The molecular weight excluding hydrogens is 254 g/mol. The molecule has 0 amide bonds. The summed E-state index contributed by atoms with van der Waals surface area (Å²) in [6.45, 7) is 5.89. The van der Waals surface area contributed by atoms with Crippen LogP contribution in [0.15, 0.2) is 17.6 Å². The van der Waals surface area contributed by atoms with E-state index in [9.17, 15) is 8.42 Å². The number of amidine groups is 1. The van der Waals surface area contributed by atoms with Gasteiger partial charge in [-0.05, 0) is 20.8 Å². The van der Waals surface area contributed by atoms with Gasteiger partial charge in [0.15, 0.2) is 5.03 Å². The lowest BCUT2D eigenvalue weighted by Gasteiger charge is -2.24. The van der Waals surface area contributed by atoms with Crippen molar-refractivity contribution in [3.8, 4) is 0 Å². The van der Waals surface area contributed by atoms with Gasteiger partial charge in [-0.15, -0.1) is 0 Å². The maximum Gasteiger partial charge on any atom is 0.262 e. The first-order valence-corrected chi connectivity index (χ1v) is 7.09. The molecule has 1 aromatic heterocycles. The molecule has 102 valence electrons. The average molecular weight is 273 g/mol. The minimum absolute atomic E-state index is 0.0145. The third-order valence-electron chi connectivity index (χ3n) is 2.45. The van der Waals surface area contributed by atoms with Crippen LogP contribution in [0.3, 0.4) is 0 Å². The molecule has 1 aromatic rings. The smallest absolute Gasteiger partial charge is 0.262 e. The van der Waals surface area contributed by atoms with Crippen LogP contribution < -0.4 is 5.73 Å². The molecule has 18 heavy (non-hydrogen) atoms. The van der Waals surface area contributed by atoms with E-state index in [1.807, 2.05) is 6.92 Å². The lowest BCUT2D eigenvalue weighted by atomic mass is 10.4. The molecule has 0 aliphatic carbocycles. The van der Waals surface area contributed by atoms with E-state index in [1.54, 1.807) is 18.4 Å². The summed E-state index contributed by atoms with van der Waals surface area (Å²) in [5.41, 5.74) is 5.29. The van der Waals surface area contributed by atoms with Gasteiger partial charge in [-0.25, -0.2) is 13.4 Å². The summed E-state index contributed by atoms with van der Waals surface area (Å²) in [5, 5.41) is 7.23. The Kier molecular flexibility index (Phi) is 4.47. The maximum absolute atomic E-state index is 12.3. The van der Waals surface area contributed by atoms with Gasteiger partial charge >= 0.3 is 0 Å². The Bertz CT molecular complexity index is 520. The predicted octanol–water partition coefficient (Wildman–Crippen LogP) is 0.238. The van der Waals surface area contributed by atoms with Gasteiger partial charge in [0, 0.05) is 18.8 Å². The Morgan fingerprint density at radius 1 is 1.61 bits per heavy atom. The second kappa shape index (κ2) is 5.49. The minimum atomic E-state index is -3.70. The number of imidazole rings is 1. The molecule has 0 atom stereocenters. The Balaban J connectivity index is 3.12. The highest BCUT2D eigenvalue weighted by molar-refractivity contribution is 7.89. The molecule has 0 saturated carbocycles. The number of hydrogen-bond acceptors (Lipinski definition) is 4. The summed E-state index contributed by atoms with van der Waals surface area (Å²) in [6, 6.07) is -0.286. The maximum atomic E-state index is 12.3. The van der Waals surface area contributed by atoms with E-state index >= 15 is 0 Å². The second-order valence-corrected chi connectivity index (χ2v) is 6.05. The van der Waals surface area contributed by atoms with Gasteiger partial charge in [0.1, 0.15) is 5.84 Å². The summed E-state index contributed by atoms with van der Waals surface area (Å²) in [5.74, 6) is -0.192. The third kappa shape index (κ3) is 3.08. The van der Waals surface area contributed by atoms with Crippen molar-refractivity contribution in [2.24, 2.45) is 5.73 Å². The number of rotatable bonds is 6. The van der Waals surface area contributed by atoms with E-state index in [4.69, 9.17) is 11.1 Å². The van der Waals surface area contributed by atoms with Crippen molar-refractivity contribution in [3.05, 3.63) is 12.5 Å². The Morgan fingerprint density at radius 3 is 2.61 bits per heavy atom. The predicted molar refractivity (Wildman–Crippen MR) is 68.8 cm³/mol. The molecule has 0 unspecified atom stereocenters. The van der Waals surface area contributed by atoms with Crippen molar-refractivity contribution in [2.75, 3.05) is 6.54 Å². The SMILES string of the molecule is CCn1cnc(S(=O)(=O)N(CC(=N)N)C(C)C)c1. The highest BCUT2D eigenvalue weighted by atomic mass is 32.2. The van der Waals surface area contributed by atoms with Crippen molar-refractivity contribution in [1.29, 1.82) is 5.41 Å². The van der Waals surface area contributed by atoms with Crippen LogP contribution in [0, 0.1) is 5.41 Å². The Morgan fingerprint density at radius 2 is 2.22 bits per heavy atom. The number of nitrogens with one attached hydrogen (secondary N) is 1. The number of sulfonamides is 1. The molecular formula is C10H19N5O2S. The number of aromatic nitrogens is 2. The van der Waals surface area contributed by atoms with Crippen LogP contribution >= 0.6 is 0 Å². The summed E-state index contributed by atoms with van der Waals surface area (Å²) >= 11 is 0. The van der Waals surface area contributed by atoms with E-state index < -0.39 is 10.0 Å². The summed E-state index contributed by atoms with van der Waals surface area (Å²) in [7, 11) is -3.70. The largest absolute Gasteiger partial charge is 0.387 e. The first-order chi connectivity index (χ1) is 8.28. The lowest BCUT2D eigenvalue weighted by molar-refractivity contribution is 0.387. The standard InChI is InChI=1S/C10H19N5O2S/c1-4-14-6-10(13-7-14)18(16,17)15(8(2)3)5-9(11)12/h6-8H,4-5H2,1-3H3,(H3,11,12). The fourth-order valence-corrected chi connectivity index (χ4v) is 3.03. The molecule has 0 saturated heterocycles. The van der Waals surface area contributed by atoms with Gasteiger partial charge < -0.3 is 10.3 Å². The monoisotopic (exact) mass is 273 g/mol. The van der Waals surface area contributed by atoms with E-state index in [0.29, 0.717) is 6.54 Å². The molecule has 3 N–H and O–H groups in total.